The van der Waals surface area contributed by atoms with Gasteiger partial charge in [-0.25, -0.2) is 9.80 Å². The van der Waals surface area contributed by atoms with E-state index in [4.69, 9.17) is 0 Å². The number of amides is 3. The highest BCUT2D eigenvalue weighted by atomic mass is 16.2. The largest absolute Gasteiger partial charge is 0.325 e. The molecule has 0 saturated carbocycles. The Labute approximate surface area is 142 Å². The summed E-state index contributed by atoms with van der Waals surface area (Å²) in [6.45, 7) is 6.80. The Bertz CT molecular complexity index is 596. The van der Waals surface area contributed by atoms with Gasteiger partial charge in [-0.2, -0.15) is 0 Å². The normalized spacial score (nSPS) is 19.8. The molecule has 3 rings (SSSR count). The Kier molecular flexibility index (Phi) is 5.01. The number of carbonyl (C=O) groups excluding carboxylic acids is 2. The summed E-state index contributed by atoms with van der Waals surface area (Å²) in [5, 5.41) is 1.93. The molecular weight excluding hydrogens is 306 g/mol. The Morgan fingerprint density at radius 1 is 1.04 bits per heavy atom. The lowest BCUT2D eigenvalue weighted by Gasteiger charge is -2.32. The van der Waals surface area contributed by atoms with Gasteiger partial charge in [-0.1, -0.05) is 17.7 Å². The zero-order valence-electron chi connectivity index (χ0n) is 14.4. The summed E-state index contributed by atoms with van der Waals surface area (Å²) in [5.41, 5.74) is 4.95. The molecule has 1 aromatic carbocycles. The fourth-order valence-corrected chi connectivity index (χ4v) is 3.00. The van der Waals surface area contributed by atoms with E-state index in [-0.39, 0.29) is 18.5 Å². The summed E-state index contributed by atoms with van der Waals surface area (Å²) < 4.78 is 0. The van der Waals surface area contributed by atoms with Crippen molar-refractivity contribution in [2.75, 3.05) is 57.8 Å². The number of nitrogens with one attached hydrogen (secondary N) is 1. The van der Waals surface area contributed by atoms with E-state index in [1.807, 2.05) is 36.2 Å². The highest BCUT2D eigenvalue weighted by Gasteiger charge is 2.31. The first-order valence-corrected chi connectivity index (χ1v) is 8.39. The molecule has 1 N–H and O–H groups in total. The van der Waals surface area contributed by atoms with Gasteiger partial charge >= 0.3 is 6.03 Å². The first-order chi connectivity index (χ1) is 11.5. The van der Waals surface area contributed by atoms with Crippen LogP contribution < -0.4 is 10.3 Å². The Morgan fingerprint density at radius 2 is 1.71 bits per heavy atom. The monoisotopic (exact) mass is 331 g/mol. The Hall–Kier alpha value is -2.12. The lowest BCUT2D eigenvalue weighted by molar-refractivity contribution is -0.127. The zero-order chi connectivity index (χ0) is 17.1. The average Bonchev–Trinajstić information content (AvgIpc) is 2.91. The van der Waals surface area contributed by atoms with Crippen LogP contribution in [0.3, 0.4) is 0 Å². The van der Waals surface area contributed by atoms with Crippen molar-refractivity contribution >= 4 is 17.6 Å². The fourth-order valence-electron chi connectivity index (χ4n) is 3.00. The molecule has 0 aromatic heterocycles. The standard InChI is InChI=1S/C17H25N5O2/c1-14-3-5-15(6-4-14)22-12-9-20(17(22)24)13-16(23)18-21-10-7-19(2)8-11-21/h3-6H,7-13H2,1-2H3,(H,18,23). The number of aryl methyl sites for hydroxylation is 1. The third-order valence-corrected chi connectivity index (χ3v) is 4.56. The van der Waals surface area contributed by atoms with Gasteiger partial charge in [-0.3, -0.25) is 15.1 Å². The number of carbonyl (C=O) groups is 2. The molecule has 0 unspecified atom stereocenters. The zero-order valence-corrected chi connectivity index (χ0v) is 14.4. The van der Waals surface area contributed by atoms with E-state index >= 15 is 0 Å². The number of piperazine rings is 1. The lowest BCUT2D eigenvalue weighted by atomic mass is 10.2. The van der Waals surface area contributed by atoms with Crippen LogP contribution in [0, 0.1) is 6.92 Å². The van der Waals surface area contributed by atoms with Crippen molar-refractivity contribution in [2.45, 2.75) is 6.92 Å². The summed E-state index contributed by atoms with van der Waals surface area (Å²) in [6, 6.07) is 7.77. The van der Waals surface area contributed by atoms with E-state index in [2.05, 4.69) is 17.4 Å². The number of nitrogens with zero attached hydrogens (tertiary/aromatic N) is 4. The van der Waals surface area contributed by atoms with Crippen LogP contribution in [0.2, 0.25) is 0 Å². The van der Waals surface area contributed by atoms with Gasteiger partial charge in [0.1, 0.15) is 6.54 Å². The van der Waals surface area contributed by atoms with Crippen molar-refractivity contribution < 1.29 is 9.59 Å². The predicted molar refractivity (Wildman–Crippen MR) is 92.7 cm³/mol. The van der Waals surface area contributed by atoms with Gasteiger partial charge in [-0.15, -0.1) is 0 Å². The van der Waals surface area contributed by atoms with Crippen LogP contribution >= 0.6 is 0 Å². The maximum absolute atomic E-state index is 12.5. The van der Waals surface area contributed by atoms with E-state index < -0.39 is 0 Å². The average molecular weight is 331 g/mol. The Morgan fingerprint density at radius 3 is 2.38 bits per heavy atom. The number of hydrogen-bond acceptors (Lipinski definition) is 4. The smallest absolute Gasteiger partial charge is 0.313 e. The lowest BCUT2D eigenvalue weighted by Crippen LogP contribution is -2.54. The molecule has 3 amide bonds. The van der Waals surface area contributed by atoms with Crippen molar-refractivity contribution in [3.8, 4) is 0 Å². The van der Waals surface area contributed by atoms with Crippen LogP contribution in [0.4, 0.5) is 10.5 Å². The predicted octanol–water partition coefficient (Wildman–Crippen LogP) is 0.516. The molecule has 0 bridgehead atoms. The van der Waals surface area contributed by atoms with Gasteiger partial charge in [-0.05, 0) is 26.1 Å². The molecule has 2 aliphatic heterocycles. The third-order valence-electron chi connectivity index (χ3n) is 4.56. The highest BCUT2D eigenvalue weighted by Crippen LogP contribution is 2.20. The first kappa shape index (κ1) is 16.7. The number of urea groups is 1. The van der Waals surface area contributed by atoms with E-state index in [9.17, 15) is 9.59 Å². The van der Waals surface area contributed by atoms with E-state index in [1.54, 1.807) is 9.80 Å². The van der Waals surface area contributed by atoms with Crippen molar-refractivity contribution in [3.05, 3.63) is 29.8 Å². The van der Waals surface area contributed by atoms with Crippen molar-refractivity contribution in [1.82, 2.24) is 20.2 Å². The molecule has 0 spiro atoms. The minimum absolute atomic E-state index is 0.104. The number of rotatable bonds is 4. The van der Waals surface area contributed by atoms with Crippen LogP contribution in [-0.2, 0) is 4.79 Å². The minimum atomic E-state index is -0.126. The van der Waals surface area contributed by atoms with Gasteiger partial charge in [0.15, 0.2) is 0 Å². The second kappa shape index (κ2) is 7.19. The molecule has 0 radical (unpaired) electrons. The molecular formula is C17H25N5O2. The van der Waals surface area contributed by atoms with Crippen LogP contribution in [0.25, 0.3) is 0 Å². The molecule has 24 heavy (non-hydrogen) atoms. The topological polar surface area (TPSA) is 59.1 Å². The Balaban J connectivity index is 1.52. The van der Waals surface area contributed by atoms with E-state index in [0.717, 1.165) is 37.4 Å². The summed E-state index contributed by atoms with van der Waals surface area (Å²) in [6.07, 6.45) is 0. The molecule has 7 heteroatoms. The van der Waals surface area contributed by atoms with Gasteiger partial charge < -0.3 is 9.80 Å². The second-order valence-electron chi connectivity index (χ2n) is 6.52. The molecule has 2 saturated heterocycles. The number of benzene rings is 1. The summed E-state index contributed by atoms with van der Waals surface area (Å²) >= 11 is 0. The van der Waals surface area contributed by atoms with E-state index in [0.29, 0.717) is 13.1 Å². The van der Waals surface area contributed by atoms with Crippen LogP contribution in [-0.4, -0.2) is 79.6 Å². The van der Waals surface area contributed by atoms with Gasteiger partial charge in [0.25, 0.3) is 5.91 Å². The van der Waals surface area contributed by atoms with Crippen LogP contribution in [0.5, 0.6) is 0 Å². The van der Waals surface area contributed by atoms with Gasteiger partial charge in [0.2, 0.25) is 0 Å². The number of hydrazine groups is 1. The van der Waals surface area contributed by atoms with E-state index in [1.165, 1.54) is 0 Å². The molecule has 2 aliphatic rings. The summed E-state index contributed by atoms with van der Waals surface area (Å²) in [4.78, 5) is 30.3. The molecule has 1 aromatic rings. The molecule has 2 fully saturated rings. The van der Waals surface area contributed by atoms with Crippen LogP contribution in [0.15, 0.2) is 24.3 Å². The SMILES string of the molecule is Cc1ccc(N2CCN(CC(=O)NN3CCN(C)CC3)C2=O)cc1. The second-order valence-corrected chi connectivity index (χ2v) is 6.52. The van der Waals surface area contributed by atoms with Gasteiger partial charge in [0, 0.05) is 45.0 Å². The van der Waals surface area contributed by atoms with Crippen molar-refractivity contribution in [2.24, 2.45) is 0 Å². The third kappa shape index (κ3) is 3.85. The molecule has 0 aliphatic carbocycles. The minimum Gasteiger partial charge on any atom is -0.313 e. The molecule has 130 valence electrons. The molecule has 0 atom stereocenters. The maximum atomic E-state index is 12.5. The fraction of sp³-hybridized carbons (Fsp3) is 0.529. The first-order valence-electron chi connectivity index (χ1n) is 8.39. The van der Waals surface area contributed by atoms with Gasteiger partial charge in [0.05, 0.1) is 0 Å². The van der Waals surface area contributed by atoms with Crippen LogP contribution in [0.1, 0.15) is 5.56 Å². The quantitative estimate of drug-likeness (QED) is 0.874. The van der Waals surface area contributed by atoms with Crippen molar-refractivity contribution in [1.29, 1.82) is 0 Å². The van der Waals surface area contributed by atoms with Crippen molar-refractivity contribution in [3.63, 3.8) is 0 Å². The maximum Gasteiger partial charge on any atom is 0.325 e. The number of likely N-dealkylation sites (N-methyl/N-ethyl adjacent to an activating group) is 1. The number of hydrogen-bond donors (Lipinski definition) is 1. The molecule has 7 nitrogen and oxygen atoms in total. The number of anilines is 1. The summed E-state index contributed by atoms with van der Waals surface area (Å²) in [7, 11) is 2.07. The molecule has 2 heterocycles. The summed E-state index contributed by atoms with van der Waals surface area (Å²) in [5.74, 6) is -0.126. The highest BCUT2D eigenvalue weighted by molar-refractivity contribution is 5.96.